The molecule has 0 aromatic carbocycles. The Hall–Kier alpha value is -0.810. The maximum atomic E-state index is 9.17. The van der Waals surface area contributed by atoms with E-state index >= 15 is 0 Å². The van der Waals surface area contributed by atoms with Gasteiger partial charge in [-0.1, -0.05) is 6.58 Å². The maximum absolute atomic E-state index is 9.17. The Morgan fingerprint density at radius 1 is 1.78 bits per heavy atom. The van der Waals surface area contributed by atoms with Crippen LogP contribution in [0.15, 0.2) is 12.2 Å². The fourth-order valence-corrected chi connectivity index (χ4v) is 0.312. The number of aliphatic hydroxyl groups is 1. The first kappa shape index (κ1) is 8.19. The standard InChI is InChI=1S/C7H11NO/c1-6(4-5-8)7(2,3)9/h9H,1,4H2,2-3H3. The highest BCUT2D eigenvalue weighted by Crippen LogP contribution is 2.15. The zero-order valence-electron chi connectivity index (χ0n) is 5.81. The summed E-state index contributed by atoms with van der Waals surface area (Å²) in [5.41, 5.74) is -0.347. The molecule has 0 radical (unpaired) electrons. The van der Waals surface area contributed by atoms with E-state index in [0.29, 0.717) is 5.57 Å². The summed E-state index contributed by atoms with van der Waals surface area (Å²) in [4.78, 5) is 0. The van der Waals surface area contributed by atoms with Crippen LogP contribution in [0, 0.1) is 11.3 Å². The SMILES string of the molecule is C=C(CC#N)C(C)(C)O. The quantitative estimate of drug-likeness (QED) is 0.564. The van der Waals surface area contributed by atoms with Gasteiger partial charge in [0.25, 0.3) is 0 Å². The molecule has 9 heavy (non-hydrogen) atoms. The van der Waals surface area contributed by atoms with Crippen LogP contribution in [0.3, 0.4) is 0 Å². The molecule has 0 atom stereocenters. The van der Waals surface area contributed by atoms with Gasteiger partial charge in [0.1, 0.15) is 0 Å². The molecular weight excluding hydrogens is 114 g/mol. The summed E-state index contributed by atoms with van der Waals surface area (Å²) >= 11 is 0. The van der Waals surface area contributed by atoms with Crippen LogP contribution in [-0.4, -0.2) is 10.7 Å². The molecule has 0 saturated carbocycles. The van der Waals surface area contributed by atoms with E-state index < -0.39 is 5.60 Å². The number of rotatable bonds is 2. The zero-order chi connectivity index (χ0) is 7.49. The molecule has 2 nitrogen and oxygen atoms in total. The molecule has 0 aromatic rings. The van der Waals surface area contributed by atoms with Crippen molar-refractivity contribution in [1.29, 1.82) is 5.26 Å². The Balaban J connectivity index is 3.93. The first-order chi connectivity index (χ1) is 3.98. The summed E-state index contributed by atoms with van der Waals surface area (Å²) < 4.78 is 0. The number of nitrogens with zero attached hydrogens (tertiary/aromatic N) is 1. The van der Waals surface area contributed by atoms with Gasteiger partial charge in [0.2, 0.25) is 0 Å². The van der Waals surface area contributed by atoms with Crippen molar-refractivity contribution in [3.05, 3.63) is 12.2 Å². The first-order valence-electron chi connectivity index (χ1n) is 2.76. The smallest absolute Gasteiger partial charge is 0.0808 e. The number of hydrogen-bond donors (Lipinski definition) is 1. The lowest BCUT2D eigenvalue weighted by Crippen LogP contribution is -2.20. The average molecular weight is 125 g/mol. The van der Waals surface area contributed by atoms with Crippen LogP contribution in [0.1, 0.15) is 20.3 Å². The fraction of sp³-hybridized carbons (Fsp3) is 0.571. The van der Waals surface area contributed by atoms with Crippen molar-refractivity contribution in [3.8, 4) is 6.07 Å². The van der Waals surface area contributed by atoms with E-state index in [1.54, 1.807) is 13.8 Å². The van der Waals surface area contributed by atoms with E-state index in [-0.39, 0.29) is 6.42 Å². The molecule has 0 heterocycles. The van der Waals surface area contributed by atoms with Gasteiger partial charge in [0.05, 0.1) is 18.1 Å². The molecule has 0 aromatic heterocycles. The zero-order valence-corrected chi connectivity index (χ0v) is 5.81. The molecule has 0 spiro atoms. The lowest BCUT2D eigenvalue weighted by molar-refractivity contribution is 0.118. The van der Waals surface area contributed by atoms with Gasteiger partial charge in [-0.15, -0.1) is 0 Å². The van der Waals surface area contributed by atoms with Crippen molar-refractivity contribution in [3.63, 3.8) is 0 Å². The van der Waals surface area contributed by atoms with Crippen molar-refractivity contribution < 1.29 is 5.11 Å². The highest BCUT2D eigenvalue weighted by atomic mass is 16.3. The van der Waals surface area contributed by atoms with Gasteiger partial charge >= 0.3 is 0 Å². The van der Waals surface area contributed by atoms with Crippen LogP contribution in [0.4, 0.5) is 0 Å². The third kappa shape index (κ3) is 2.89. The molecule has 0 aliphatic heterocycles. The van der Waals surface area contributed by atoms with E-state index in [1.807, 2.05) is 6.07 Å². The lowest BCUT2D eigenvalue weighted by Gasteiger charge is -2.17. The summed E-state index contributed by atoms with van der Waals surface area (Å²) in [7, 11) is 0. The molecule has 50 valence electrons. The van der Waals surface area contributed by atoms with Gasteiger partial charge in [-0.3, -0.25) is 0 Å². The van der Waals surface area contributed by atoms with Crippen LogP contribution in [-0.2, 0) is 0 Å². The highest BCUT2D eigenvalue weighted by Gasteiger charge is 2.15. The summed E-state index contributed by atoms with van der Waals surface area (Å²) in [6.07, 6.45) is 0.226. The largest absolute Gasteiger partial charge is 0.386 e. The van der Waals surface area contributed by atoms with Crippen LogP contribution < -0.4 is 0 Å². The second-order valence-corrected chi connectivity index (χ2v) is 2.50. The van der Waals surface area contributed by atoms with Gasteiger partial charge in [-0.25, -0.2) is 0 Å². The predicted octanol–water partition coefficient (Wildman–Crippen LogP) is 1.23. The van der Waals surface area contributed by atoms with Gasteiger partial charge in [-0.2, -0.15) is 5.26 Å². The van der Waals surface area contributed by atoms with Gasteiger partial charge < -0.3 is 5.11 Å². The first-order valence-corrected chi connectivity index (χ1v) is 2.76. The lowest BCUT2D eigenvalue weighted by atomic mass is 9.98. The molecule has 0 aliphatic carbocycles. The van der Waals surface area contributed by atoms with Crippen molar-refractivity contribution in [2.45, 2.75) is 25.9 Å². The van der Waals surface area contributed by atoms with Crippen molar-refractivity contribution in [2.24, 2.45) is 0 Å². The normalized spacial score (nSPS) is 10.4. The third-order valence-electron chi connectivity index (χ3n) is 1.16. The summed E-state index contributed by atoms with van der Waals surface area (Å²) in [6.45, 7) is 6.78. The predicted molar refractivity (Wildman–Crippen MR) is 35.7 cm³/mol. The Labute approximate surface area is 55.4 Å². The molecule has 0 fully saturated rings. The minimum Gasteiger partial charge on any atom is -0.386 e. The van der Waals surface area contributed by atoms with Gasteiger partial charge in [0.15, 0.2) is 0 Å². The van der Waals surface area contributed by atoms with E-state index in [9.17, 15) is 0 Å². The summed E-state index contributed by atoms with van der Waals surface area (Å²) in [5, 5.41) is 17.3. The number of nitriles is 1. The van der Waals surface area contributed by atoms with Gasteiger partial charge in [0, 0.05) is 0 Å². The molecule has 0 aliphatic rings. The molecule has 0 amide bonds. The minimum absolute atomic E-state index is 0.226. The van der Waals surface area contributed by atoms with Crippen LogP contribution in [0.25, 0.3) is 0 Å². The fourth-order valence-electron chi connectivity index (χ4n) is 0.312. The summed E-state index contributed by atoms with van der Waals surface area (Å²) in [6, 6.07) is 1.91. The van der Waals surface area contributed by atoms with Crippen molar-refractivity contribution >= 4 is 0 Å². The number of hydrogen-bond acceptors (Lipinski definition) is 2. The van der Waals surface area contributed by atoms with Crippen molar-refractivity contribution in [1.82, 2.24) is 0 Å². The maximum Gasteiger partial charge on any atom is 0.0808 e. The Morgan fingerprint density at radius 2 is 2.22 bits per heavy atom. The van der Waals surface area contributed by atoms with E-state index in [4.69, 9.17) is 10.4 Å². The monoisotopic (exact) mass is 125 g/mol. The molecular formula is C7H11NO. The van der Waals surface area contributed by atoms with E-state index in [2.05, 4.69) is 6.58 Å². The topological polar surface area (TPSA) is 44.0 Å². The molecule has 0 saturated heterocycles. The molecule has 0 bridgehead atoms. The minimum atomic E-state index is -0.907. The van der Waals surface area contributed by atoms with E-state index in [1.165, 1.54) is 0 Å². The Morgan fingerprint density at radius 3 is 2.33 bits per heavy atom. The summed E-state index contributed by atoms with van der Waals surface area (Å²) in [5.74, 6) is 0. The molecule has 0 unspecified atom stereocenters. The van der Waals surface area contributed by atoms with Gasteiger partial charge in [-0.05, 0) is 19.4 Å². The van der Waals surface area contributed by atoms with Crippen LogP contribution >= 0.6 is 0 Å². The van der Waals surface area contributed by atoms with E-state index in [0.717, 1.165) is 0 Å². The average Bonchev–Trinajstić information content (AvgIpc) is 1.64. The highest BCUT2D eigenvalue weighted by molar-refractivity contribution is 5.12. The second-order valence-electron chi connectivity index (χ2n) is 2.50. The second kappa shape index (κ2) is 2.65. The van der Waals surface area contributed by atoms with Crippen molar-refractivity contribution in [2.75, 3.05) is 0 Å². The Bertz CT molecular complexity index is 147. The van der Waals surface area contributed by atoms with Crippen LogP contribution in [0.5, 0.6) is 0 Å². The molecule has 0 rings (SSSR count). The van der Waals surface area contributed by atoms with Crippen LogP contribution in [0.2, 0.25) is 0 Å². The molecule has 1 N–H and O–H groups in total. The molecule has 2 heteroatoms. The third-order valence-corrected chi connectivity index (χ3v) is 1.16. The Kier molecular flexibility index (Phi) is 2.41.